The van der Waals surface area contributed by atoms with Crippen LogP contribution in [0.5, 0.6) is 0 Å². The molecule has 0 saturated carbocycles. The molecular formula is C15H30O6Sn. The fourth-order valence-electron chi connectivity index (χ4n) is 3.29. The minimum absolute atomic E-state index is 0.152. The standard InChI is InChI=1S/C7H12O6.2C4H9.Sn/c1-12-7-6(11)5(10)4(9)3(2-8)13-7;2*1-3-4-2;/h3-8,11H,2H2,1H3;2*1,3-4H2,2H3;/q-2;;;+2/t3-,4+,5+,6-,7-;;;/m1.../s1. The average Bonchev–Trinajstić information content (AvgIpc) is 2.92. The number of unbranched alkanes of at least 4 members (excludes halogenated alkanes) is 2. The van der Waals surface area contributed by atoms with Gasteiger partial charge in [0.25, 0.3) is 0 Å². The number of aliphatic hydroxyl groups is 2. The van der Waals surface area contributed by atoms with E-state index < -0.39 is 43.8 Å². The van der Waals surface area contributed by atoms with E-state index in [4.69, 9.17) is 15.6 Å². The third-order valence-corrected chi connectivity index (χ3v) is 14.9. The Bertz CT molecular complexity index is 334. The molecule has 6 nitrogen and oxygen atoms in total. The Morgan fingerprint density at radius 1 is 1.05 bits per heavy atom. The second kappa shape index (κ2) is 8.60. The molecule has 0 bridgehead atoms. The third-order valence-electron chi connectivity index (χ3n) is 4.55. The zero-order valence-corrected chi connectivity index (χ0v) is 16.7. The van der Waals surface area contributed by atoms with Gasteiger partial charge >= 0.3 is 138 Å². The molecular weight excluding hydrogens is 395 g/mol. The molecule has 2 aliphatic heterocycles. The molecule has 0 aromatic rings. The van der Waals surface area contributed by atoms with Crippen LogP contribution < -0.4 is 0 Å². The van der Waals surface area contributed by atoms with Crippen molar-refractivity contribution in [2.24, 2.45) is 0 Å². The topological polar surface area (TPSA) is 77.4 Å². The van der Waals surface area contributed by atoms with Gasteiger partial charge in [-0.15, -0.1) is 0 Å². The van der Waals surface area contributed by atoms with E-state index in [0.29, 0.717) is 0 Å². The van der Waals surface area contributed by atoms with Crippen molar-refractivity contribution < 1.29 is 25.8 Å². The molecule has 5 atom stereocenters. The van der Waals surface area contributed by atoms with Gasteiger partial charge in [-0.1, -0.05) is 0 Å². The summed E-state index contributed by atoms with van der Waals surface area (Å²) in [5.74, 6) is 0. The second-order valence-electron chi connectivity index (χ2n) is 6.23. The second-order valence-corrected chi connectivity index (χ2v) is 15.6. The zero-order valence-electron chi connectivity index (χ0n) is 13.9. The predicted molar refractivity (Wildman–Crippen MR) is 83.7 cm³/mol. The van der Waals surface area contributed by atoms with Crippen molar-refractivity contribution in [3.63, 3.8) is 0 Å². The van der Waals surface area contributed by atoms with Crippen molar-refractivity contribution in [2.45, 2.75) is 79.1 Å². The van der Waals surface area contributed by atoms with E-state index in [2.05, 4.69) is 13.8 Å². The number of hydrogen-bond acceptors (Lipinski definition) is 6. The van der Waals surface area contributed by atoms with Gasteiger partial charge < -0.3 is 0 Å². The third kappa shape index (κ3) is 3.96. The van der Waals surface area contributed by atoms with E-state index in [0.717, 1.165) is 34.6 Å². The van der Waals surface area contributed by atoms with Gasteiger partial charge in [-0.05, 0) is 0 Å². The van der Waals surface area contributed by atoms with Crippen molar-refractivity contribution in [2.75, 3.05) is 13.7 Å². The molecule has 0 aromatic heterocycles. The van der Waals surface area contributed by atoms with Crippen LogP contribution in [0.25, 0.3) is 0 Å². The van der Waals surface area contributed by atoms with Gasteiger partial charge in [0.2, 0.25) is 0 Å². The molecule has 2 rings (SSSR count). The molecule has 130 valence electrons. The summed E-state index contributed by atoms with van der Waals surface area (Å²) in [6.45, 7) is 4.17. The molecule has 0 radical (unpaired) electrons. The normalized spacial score (nSPS) is 37.2. The van der Waals surface area contributed by atoms with Crippen molar-refractivity contribution >= 4 is 19.2 Å². The first-order valence-corrected chi connectivity index (χ1v) is 14.8. The molecule has 0 aromatic carbocycles. The van der Waals surface area contributed by atoms with Gasteiger partial charge in [-0.3, -0.25) is 0 Å². The molecule has 2 aliphatic rings. The van der Waals surface area contributed by atoms with E-state index in [9.17, 15) is 10.2 Å². The van der Waals surface area contributed by atoms with E-state index in [1.165, 1.54) is 7.11 Å². The summed E-state index contributed by atoms with van der Waals surface area (Å²) in [5.41, 5.74) is 0. The van der Waals surface area contributed by atoms with Crippen LogP contribution in [0.4, 0.5) is 0 Å². The molecule has 2 heterocycles. The molecule has 0 unspecified atom stereocenters. The van der Waals surface area contributed by atoms with Crippen LogP contribution in [0, 0.1) is 0 Å². The van der Waals surface area contributed by atoms with Crippen LogP contribution in [0.2, 0.25) is 8.87 Å². The summed E-state index contributed by atoms with van der Waals surface area (Å²) < 4.78 is 25.6. The number of fused-ring (bicyclic) bond motifs is 1. The van der Waals surface area contributed by atoms with Crippen LogP contribution in [-0.4, -0.2) is 73.8 Å². The molecule has 2 fully saturated rings. The number of rotatable bonds is 8. The minimum atomic E-state index is -3.21. The molecule has 0 amide bonds. The van der Waals surface area contributed by atoms with Crippen LogP contribution in [0.1, 0.15) is 39.5 Å². The summed E-state index contributed by atoms with van der Waals surface area (Å²) in [7, 11) is 1.49. The molecule has 0 spiro atoms. The summed E-state index contributed by atoms with van der Waals surface area (Å²) >= 11 is -3.21. The molecule has 2 N–H and O–H groups in total. The first-order chi connectivity index (χ1) is 10.6. The first kappa shape index (κ1) is 18.9. The van der Waals surface area contributed by atoms with Gasteiger partial charge in [0.05, 0.1) is 0 Å². The number of aliphatic hydroxyl groups excluding tert-OH is 2. The van der Waals surface area contributed by atoms with Crippen molar-refractivity contribution in [3.8, 4) is 0 Å². The molecule has 22 heavy (non-hydrogen) atoms. The average molecular weight is 425 g/mol. The molecule has 7 heteroatoms. The van der Waals surface area contributed by atoms with Gasteiger partial charge in [0, 0.05) is 0 Å². The van der Waals surface area contributed by atoms with Crippen molar-refractivity contribution in [1.29, 1.82) is 0 Å². The fourth-order valence-corrected chi connectivity index (χ4v) is 15.0. The van der Waals surface area contributed by atoms with Gasteiger partial charge in [-0.25, -0.2) is 0 Å². The Hall–Kier alpha value is 0.559. The molecule has 2 saturated heterocycles. The maximum absolute atomic E-state index is 10.4. The van der Waals surface area contributed by atoms with Crippen LogP contribution >= 0.6 is 0 Å². The van der Waals surface area contributed by atoms with Crippen molar-refractivity contribution in [1.82, 2.24) is 0 Å². The Morgan fingerprint density at radius 2 is 1.64 bits per heavy atom. The summed E-state index contributed by atoms with van der Waals surface area (Å²) in [6.07, 6.45) is 1.49. The first-order valence-electron chi connectivity index (χ1n) is 8.43. The van der Waals surface area contributed by atoms with Crippen molar-refractivity contribution in [3.05, 3.63) is 0 Å². The van der Waals surface area contributed by atoms with Crippen LogP contribution in [0.3, 0.4) is 0 Å². The van der Waals surface area contributed by atoms with Crippen LogP contribution in [0.15, 0.2) is 0 Å². The number of hydrogen-bond donors (Lipinski definition) is 2. The Kier molecular flexibility index (Phi) is 7.38. The summed E-state index contributed by atoms with van der Waals surface area (Å²) in [6, 6.07) is 0. The van der Waals surface area contributed by atoms with E-state index in [1.807, 2.05) is 0 Å². The Morgan fingerprint density at radius 3 is 2.14 bits per heavy atom. The van der Waals surface area contributed by atoms with E-state index in [-0.39, 0.29) is 12.7 Å². The number of methoxy groups -OCH3 is 1. The van der Waals surface area contributed by atoms with Crippen LogP contribution in [-0.2, 0) is 15.6 Å². The van der Waals surface area contributed by atoms with E-state index >= 15 is 0 Å². The zero-order chi connectivity index (χ0) is 16.2. The monoisotopic (exact) mass is 426 g/mol. The van der Waals surface area contributed by atoms with E-state index in [1.54, 1.807) is 0 Å². The maximum atomic E-state index is 10.4. The fraction of sp³-hybridized carbons (Fsp3) is 1.00. The van der Waals surface area contributed by atoms with Gasteiger partial charge in [-0.2, -0.15) is 0 Å². The Balaban J connectivity index is 2.16. The predicted octanol–water partition coefficient (Wildman–Crippen LogP) is 1.54. The SMILES string of the molecule is CCC[CH2][Sn]1([CH2]CCC)[O][C@@H]2[C@@H](O)[C@H](OC)O[C@H](CO)[C@@H]2[O]1. The van der Waals surface area contributed by atoms with Gasteiger partial charge in [0.15, 0.2) is 0 Å². The Labute approximate surface area is 138 Å². The quantitative estimate of drug-likeness (QED) is 0.575. The number of ether oxygens (including phenoxy) is 2. The summed E-state index contributed by atoms with van der Waals surface area (Å²) in [4.78, 5) is 0. The van der Waals surface area contributed by atoms with Gasteiger partial charge in [0.1, 0.15) is 0 Å². The summed E-state index contributed by atoms with van der Waals surface area (Å²) in [5, 5.41) is 20.0. The molecule has 0 aliphatic carbocycles.